The number of carbonyl (C=O) groups excluding carboxylic acids is 2. The van der Waals surface area contributed by atoms with Crippen LogP contribution in [0.5, 0.6) is 5.88 Å². The second kappa shape index (κ2) is 9.75. The van der Waals surface area contributed by atoms with Crippen molar-refractivity contribution in [2.75, 3.05) is 7.11 Å². The van der Waals surface area contributed by atoms with E-state index >= 15 is 0 Å². The quantitative estimate of drug-likeness (QED) is 0.391. The number of pyridine rings is 1. The molecule has 39 heavy (non-hydrogen) atoms. The first-order valence-electron chi connectivity index (χ1n) is 12.8. The highest BCUT2D eigenvalue weighted by molar-refractivity contribution is 5.94. The number of halogens is 2. The molecular weight excluding hydrogens is 508 g/mol. The highest BCUT2D eigenvalue weighted by Crippen LogP contribution is 2.40. The second-order valence-corrected chi connectivity index (χ2v) is 10.1. The van der Waals surface area contributed by atoms with Crippen molar-refractivity contribution in [2.45, 2.75) is 44.3 Å². The molecule has 3 atom stereocenters. The third-order valence-electron chi connectivity index (χ3n) is 7.80. The van der Waals surface area contributed by atoms with E-state index in [0.717, 1.165) is 24.6 Å². The normalized spacial score (nSPS) is 20.4. The molecule has 202 valence electrons. The largest absolute Gasteiger partial charge is 0.481 e. The number of hydrogen-bond acceptors (Lipinski definition) is 6. The third-order valence-corrected chi connectivity index (χ3v) is 7.80. The summed E-state index contributed by atoms with van der Waals surface area (Å²) < 4.78 is 35.0. The minimum atomic E-state index is -0.559. The van der Waals surface area contributed by atoms with Gasteiger partial charge in [0.25, 0.3) is 5.91 Å². The van der Waals surface area contributed by atoms with E-state index in [1.54, 1.807) is 19.2 Å². The van der Waals surface area contributed by atoms with Crippen LogP contribution in [0.1, 0.15) is 41.7 Å². The zero-order valence-electron chi connectivity index (χ0n) is 21.4. The zero-order chi connectivity index (χ0) is 27.3. The Bertz CT molecular complexity index is 1570. The third kappa shape index (κ3) is 4.49. The molecule has 0 unspecified atom stereocenters. The van der Waals surface area contributed by atoms with Gasteiger partial charge in [0.2, 0.25) is 17.7 Å². The monoisotopic (exact) mass is 535 g/mol. The van der Waals surface area contributed by atoms with Gasteiger partial charge in [0.1, 0.15) is 0 Å². The highest BCUT2D eigenvalue weighted by atomic mass is 19.1. The molecular formula is C27H27F2N7O3. The van der Waals surface area contributed by atoms with Crippen molar-refractivity contribution in [1.29, 1.82) is 0 Å². The van der Waals surface area contributed by atoms with E-state index in [-0.39, 0.29) is 53.5 Å². The number of H-pyrrole nitrogens is 1. The maximum Gasteiger partial charge on any atom is 0.274 e. The summed E-state index contributed by atoms with van der Waals surface area (Å²) in [6.45, 7) is 0.282. The number of carbonyl (C=O) groups is 2. The van der Waals surface area contributed by atoms with E-state index in [0.29, 0.717) is 29.4 Å². The Kier molecular flexibility index (Phi) is 6.24. The predicted octanol–water partition coefficient (Wildman–Crippen LogP) is 3.34. The van der Waals surface area contributed by atoms with Crippen LogP contribution < -0.4 is 10.1 Å². The average molecular weight is 536 g/mol. The van der Waals surface area contributed by atoms with Gasteiger partial charge in [-0.2, -0.15) is 9.49 Å². The first-order valence-corrected chi connectivity index (χ1v) is 12.8. The van der Waals surface area contributed by atoms with Crippen LogP contribution in [0.4, 0.5) is 8.78 Å². The van der Waals surface area contributed by atoms with Crippen molar-refractivity contribution in [3.8, 4) is 17.1 Å². The van der Waals surface area contributed by atoms with E-state index in [2.05, 4.69) is 25.6 Å². The van der Waals surface area contributed by atoms with Gasteiger partial charge in [-0.3, -0.25) is 19.4 Å². The molecule has 0 saturated carbocycles. The molecule has 2 saturated heterocycles. The molecule has 2 N–H and O–H groups in total. The predicted molar refractivity (Wildman–Crippen MR) is 137 cm³/mol. The van der Waals surface area contributed by atoms with E-state index in [1.165, 1.54) is 23.9 Å². The molecule has 0 aliphatic carbocycles. The molecule has 6 rings (SSSR count). The lowest BCUT2D eigenvalue weighted by Crippen LogP contribution is -2.49. The first-order chi connectivity index (χ1) is 18.8. The number of methoxy groups -OCH3 is 1. The van der Waals surface area contributed by atoms with Crippen LogP contribution in [-0.4, -0.2) is 60.9 Å². The Labute approximate surface area is 222 Å². The summed E-state index contributed by atoms with van der Waals surface area (Å²) in [5, 5.41) is 14.1. The van der Waals surface area contributed by atoms with Gasteiger partial charge in [-0.15, -0.1) is 5.10 Å². The summed E-state index contributed by atoms with van der Waals surface area (Å²) in [7, 11) is 3.12. The smallest absolute Gasteiger partial charge is 0.274 e. The van der Waals surface area contributed by atoms with E-state index in [1.807, 2.05) is 11.0 Å². The number of nitrogens with one attached hydrogen (secondary N) is 2. The summed E-state index contributed by atoms with van der Waals surface area (Å²) in [5.74, 6) is -1.39. The number of aryl methyl sites for hydroxylation is 1. The minimum Gasteiger partial charge on any atom is -0.481 e. The number of aromatic amines is 1. The fourth-order valence-corrected chi connectivity index (χ4v) is 5.88. The van der Waals surface area contributed by atoms with Crippen LogP contribution in [0.2, 0.25) is 0 Å². The number of rotatable bonds is 6. The zero-order valence-corrected chi connectivity index (χ0v) is 21.4. The van der Waals surface area contributed by atoms with E-state index in [4.69, 9.17) is 4.74 Å². The highest BCUT2D eigenvalue weighted by Gasteiger charge is 2.45. The Hall–Kier alpha value is -4.35. The number of hydrogen-bond donors (Lipinski definition) is 2. The Morgan fingerprint density at radius 1 is 1.15 bits per heavy atom. The molecule has 2 fully saturated rings. The summed E-state index contributed by atoms with van der Waals surface area (Å²) in [5.41, 5.74) is 2.22. The van der Waals surface area contributed by atoms with Crippen LogP contribution in [-0.2, 0) is 18.4 Å². The van der Waals surface area contributed by atoms with Crippen LogP contribution in [0.15, 0.2) is 36.5 Å². The lowest BCUT2D eigenvalue weighted by Gasteiger charge is -2.38. The van der Waals surface area contributed by atoms with Crippen molar-refractivity contribution in [3.63, 3.8) is 0 Å². The van der Waals surface area contributed by atoms with Gasteiger partial charge in [0.15, 0.2) is 11.5 Å². The molecule has 2 aliphatic heterocycles. The van der Waals surface area contributed by atoms with Crippen molar-refractivity contribution < 1.29 is 23.1 Å². The Morgan fingerprint density at radius 3 is 2.67 bits per heavy atom. The van der Waals surface area contributed by atoms with Crippen molar-refractivity contribution in [2.24, 2.45) is 13.0 Å². The van der Waals surface area contributed by atoms with Gasteiger partial charge in [-0.1, -0.05) is 6.07 Å². The fourth-order valence-electron chi connectivity index (χ4n) is 5.88. The van der Waals surface area contributed by atoms with Crippen molar-refractivity contribution in [1.82, 2.24) is 35.2 Å². The molecule has 3 aromatic heterocycles. The summed E-state index contributed by atoms with van der Waals surface area (Å²) >= 11 is 0. The van der Waals surface area contributed by atoms with E-state index in [9.17, 15) is 18.4 Å². The van der Waals surface area contributed by atoms with E-state index < -0.39 is 11.8 Å². The topological polar surface area (TPSA) is 118 Å². The van der Waals surface area contributed by atoms with Gasteiger partial charge in [-0.05, 0) is 49.4 Å². The molecule has 0 spiro atoms. The maximum atomic E-state index is 14.3. The van der Waals surface area contributed by atoms with Crippen LogP contribution in [0.3, 0.4) is 0 Å². The van der Waals surface area contributed by atoms with Gasteiger partial charge < -0.3 is 15.0 Å². The Balaban J connectivity index is 1.11. The molecule has 0 radical (unpaired) electrons. The Morgan fingerprint density at radius 2 is 1.92 bits per heavy atom. The average Bonchev–Trinajstić information content (AvgIpc) is 3.61. The molecule has 12 heteroatoms. The molecule has 2 aliphatic rings. The standard InChI is InChI=1S/C27H27F2N7O3/c1-35-23-6-3-14(7-19(23)25(29)34-35)12-31-26(37)15-8-16-4-5-17(9-15)36(16)27(38)22-11-21(32-33-22)18-10-24(39-2)30-13-20(18)28/h3,6-7,10-11,13,15-17H,4-5,8-9,12H2,1-2H3,(H,31,37)(H,32,33)/t15-,16-,17+. The van der Waals surface area contributed by atoms with Crippen LogP contribution in [0.25, 0.3) is 22.2 Å². The number of ether oxygens (including phenoxy) is 1. The molecule has 2 bridgehead atoms. The lowest BCUT2D eigenvalue weighted by atomic mass is 9.89. The number of benzene rings is 1. The molecule has 4 aromatic rings. The van der Waals surface area contributed by atoms with Gasteiger partial charge in [-0.25, -0.2) is 9.37 Å². The van der Waals surface area contributed by atoms with Crippen molar-refractivity contribution in [3.05, 3.63) is 59.6 Å². The fraction of sp³-hybridized carbons (Fsp3) is 0.370. The van der Waals surface area contributed by atoms with Crippen LogP contribution >= 0.6 is 0 Å². The summed E-state index contributed by atoms with van der Waals surface area (Å²) in [4.78, 5) is 32.1. The minimum absolute atomic E-state index is 0.0741. The van der Waals surface area contributed by atoms with Crippen LogP contribution in [0, 0.1) is 17.7 Å². The van der Waals surface area contributed by atoms with Crippen molar-refractivity contribution >= 4 is 22.7 Å². The first kappa shape index (κ1) is 25.0. The number of amides is 2. The summed E-state index contributed by atoms with van der Waals surface area (Å²) in [6.07, 6.45) is 3.78. The molecule has 5 heterocycles. The molecule has 2 amide bonds. The lowest BCUT2D eigenvalue weighted by molar-refractivity contribution is -0.127. The molecule has 1 aromatic carbocycles. The molecule has 10 nitrogen and oxygen atoms in total. The number of fused-ring (bicyclic) bond motifs is 3. The second-order valence-electron chi connectivity index (χ2n) is 10.1. The number of nitrogens with zero attached hydrogens (tertiary/aromatic N) is 5. The number of piperidine rings is 1. The van der Waals surface area contributed by atoms with Gasteiger partial charge in [0, 0.05) is 43.2 Å². The summed E-state index contributed by atoms with van der Waals surface area (Å²) in [6, 6.07) is 8.15. The van der Waals surface area contributed by atoms with Gasteiger partial charge in [0.05, 0.1) is 29.9 Å². The maximum absolute atomic E-state index is 14.3. The SMILES string of the molecule is COc1cc(-c2cc(C(=O)N3[C@@H]4CC[C@H]3C[C@H](C(=O)NCc3ccc5c(c3)c(F)nn5C)C4)n[nH]2)c(F)cn1. The number of aromatic nitrogens is 5. The van der Waals surface area contributed by atoms with Gasteiger partial charge >= 0.3 is 0 Å².